The number of carbonyl (C=O) groups excluding carboxylic acids is 1. The second-order valence-electron chi connectivity index (χ2n) is 5.15. The number of carbonyl (C=O) groups is 1. The lowest BCUT2D eigenvalue weighted by atomic mass is 10.0. The van der Waals surface area contributed by atoms with E-state index in [0.717, 1.165) is 17.5 Å². The molecule has 4 heteroatoms. The van der Waals surface area contributed by atoms with Gasteiger partial charge in [0.15, 0.2) is 5.78 Å². The fourth-order valence-corrected chi connectivity index (χ4v) is 3.80. The van der Waals surface area contributed by atoms with E-state index in [9.17, 15) is 9.00 Å². The van der Waals surface area contributed by atoms with E-state index < -0.39 is 10.8 Å². The summed E-state index contributed by atoms with van der Waals surface area (Å²) in [5.41, 5.74) is 2.91. The molecule has 1 fully saturated rings. The highest BCUT2D eigenvalue weighted by Crippen LogP contribution is 2.20. The number of benzene rings is 1. The van der Waals surface area contributed by atoms with Crippen molar-refractivity contribution in [3.8, 4) is 0 Å². The predicted molar refractivity (Wildman–Crippen MR) is 77.1 cm³/mol. The van der Waals surface area contributed by atoms with Crippen LogP contribution in [-0.4, -0.2) is 33.7 Å². The monoisotopic (exact) mass is 280 g/mol. The largest absolute Gasteiger partial charge is 0.377 e. The van der Waals surface area contributed by atoms with Crippen LogP contribution in [0.2, 0.25) is 0 Å². The van der Waals surface area contributed by atoms with E-state index in [1.54, 1.807) is 0 Å². The van der Waals surface area contributed by atoms with Crippen LogP contribution >= 0.6 is 0 Å². The second-order valence-corrected chi connectivity index (χ2v) is 6.81. The summed E-state index contributed by atoms with van der Waals surface area (Å²) < 4.78 is 17.6. The molecule has 2 rings (SSSR count). The van der Waals surface area contributed by atoms with Crippen LogP contribution in [0.5, 0.6) is 0 Å². The minimum absolute atomic E-state index is 0.00417. The van der Waals surface area contributed by atoms with Gasteiger partial charge in [-0.05, 0) is 44.4 Å². The quantitative estimate of drug-likeness (QED) is 0.796. The Balaban J connectivity index is 2.04. The first-order valence-electron chi connectivity index (χ1n) is 6.58. The summed E-state index contributed by atoms with van der Waals surface area (Å²) in [6, 6.07) is 5.63. The van der Waals surface area contributed by atoms with E-state index in [1.807, 2.05) is 39.0 Å². The molecule has 1 aliphatic rings. The Morgan fingerprint density at radius 2 is 2.11 bits per heavy atom. The highest BCUT2D eigenvalue weighted by molar-refractivity contribution is 7.86. The first kappa shape index (κ1) is 14.4. The summed E-state index contributed by atoms with van der Waals surface area (Å²) in [4.78, 5) is 12.1. The van der Waals surface area contributed by atoms with Crippen LogP contribution in [-0.2, 0) is 15.5 Å². The first-order valence-corrected chi connectivity index (χ1v) is 7.96. The van der Waals surface area contributed by atoms with Crippen LogP contribution in [0, 0.1) is 13.8 Å². The normalized spacial score (nSPS) is 24.4. The van der Waals surface area contributed by atoms with Gasteiger partial charge in [0.2, 0.25) is 0 Å². The summed E-state index contributed by atoms with van der Waals surface area (Å²) in [5, 5.41) is -0.00417. The maximum atomic E-state index is 12.2. The number of rotatable bonds is 4. The Hall–Kier alpha value is -1.00. The third kappa shape index (κ3) is 3.31. The molecule has 0 radical (unpaired) electrons. The molecule has 0 spiro atoms. The Kier molecular flexibility index (Phi) is 4.53. The molecule has 0 bridgehead atoms. The zero-order chi connectivity index (χ0) is 14.0. The molecule has 0 N–H and O–H groups in total. The summed E-state index contributed by atoms with van der Waals surface area (Å²) >= 11 is 0. The average molecular weight is 280 g/mol. The highest BCUT2D eigenvalue weighted by Gasteiger charge is 2.30. The van der Waals surface area contributed by atoms with E-state index in [-0.39, 0.29) is 22.9 Å². The highest BCUT2D eigenvalue weighted by atomic mass is 32.2. The Morgan fingerprint density at radius 3 is 2.68 bits per heavy atom. The van der Waals surface area contributed by atoms with Crippen LogP contribution in [0.1, 0.15) is 34.8 Å². The van der Waals surface area contributed by atoms with Gasteiger partial charge in [0.1, 0.15) is 0 Å². The minimum atomic E-state index is -1.14. The molecule has 1 aliphatic heterocycles. The second kappa shape index (κ2) is 5.97. The molecular weight excluding hydrogens is 260 g/mol. The predicted octanol–water partition coefficient (Wildman–Crippen LogP) is 2.41. The standard InChI is InChI=1S/C15H20O3S/c1-10-4-5-13(8-11(10)2)14(16)9-19(17)15-6-7-18-12(15)3/h4-5,8,12,15H,6-7,9H2,1-3H3. The SMILES string of the molecule is Cc1ccc(C(=O)CS(=O)C2CCOC2C)cc1C. The van der Waals surface area contributed by atoms with Crippen LogP contribution in [0.4, 0.5) is 0 Å². The fourth-order valence-electron chi connectivity index (χ4n) is 2.29. The lowest BCUT2D eigenvalue weighted by molar-refractivity contribution is 0.102. The number of ether oxygens (including phenoxy) is 1. The Bertz CT molecular complexity index is 510. The van der Waals surface area contributed by atoms with E-state index in [4.69, 9.17) is 4.74 Å². The summed E-state index contributed by atoms with van der Waals surface area (Å²) in [7, 11) is -1.14. The van der Waals surface area contributed by atoms with Crippen molar-refractivity contribution in [2.75, 3.05) is 12.4 Å². The van der Waals surface area contributed by atoms with Gasteiger partial charge in [-0.15, -0.1) is 0 Å². The van der Waals surface area contributed by atoms with Crippen LogP contribution in [0.25, 0.3) is 0 Å². The lowest BCUT2D eigenvalue weighted by Crippen LogP contribution is -2.27. The van der Waals surface area contributed by atoms with Gasteiger partial charge in [0.25, 0.3) is 0 Å². The zero-order valence-corrected chi connectivity index (χ0v) is 12.5. The number of hydrogen-bond acceptors (Lipinski definition) is 3. The molecular formula is C15H20O3S. The maximum absolute atomic E-state index is 12.2. The van der Waals surface area contributed by atoms with Crippen LogP contribution < -0.4 is 0 Å². The molecule has 104 valence electrons. The summed E-state index contributed by atoms with van der Waals surface area (Å²) in [6.07, 6.45) is 0.780. The third-order valence-electron chi connectivity index (χ3n) is 3.75. The fraction of sp³-hybridized carbons (Fsp3) is 0.533. The molecule has 1 aromatic rings. The lowest BCUT2D eigenvalue weighted by Gasteiger charge is -2.13. The Morgan fingerprint density at radius 1 is 1.37 bits per heavy atom. The van der Waals surface area contributed by atoms with E-state index in [1.165, 1.54) is 0 Å². The van der Waals surface area contributed by atoms with Crippen LogP contribution in [0.3, 0.4) is 0 Å². The van der Waals surface area contributed by atoms with Crippen molar-refractivity contribution in [2.24, 2.45) is 0 Å². The molecule has 0 saturated carbocycles. The third-order valence-corrected chi connectivity index (χ3v) is 5.59. The van der Waals surface area contributed by atoms with Crippen molar-refractivity contribution in [3.63, 3.8) is 0 Å². The molecule has 3 nitrogen and oxygen atoms in total. The maximum Gasteiger partial charge on any atom is 0.175 e. The molecule has 0 amide bonds. The van der Waals surface area contributed by atoms with Crippen molar-refractivity contribution in [1.82, 2.24) is 0 Å². The van der Waals surface area contributed by atoms with Crippen molar-refractivity contribution < 1.29 is 13.7 Å². The molecule has 0 aliphatic carbocycles. The first-order chi connectivity index (χ1) is 8.99. The van der Waals surface area contributed by atoms with E-state index >= 15 is 0 Å². The van der Waals surface area contributed by atoms with Gasteiger partial charge in [0.05, 0.1) is 17.1 Å². The number of ketones is 1. The molecule has 1 saturated heterocycles. The van der Waals surface area contributed by atoms with Gasteiger partial charge >= 0.3 is 0 Å². The molecule has 3 atom stereocenters. The Labute approximate surface area is 116 Å². The van der Waals surface area contributed by atoms with Gasteiger partial charge < -0.3 is 4.74 Å². The zero-order valence-electron chi connectivity index (χ0n) is 11.6. The van der Waals surface area contributed by atoms with Gasteiger partial charge in [-0.1, -0.05) is 12.1 Å². The molecule has 3 unspecified atom stereocenters. The van der Waals surface area contributed by atoms with Crippen molar-refractivity contribution in [2.45, 2.75) is 38.5 Å². The van der Waals surface area contributed by atoms with Gasteiger partial charge in [-0.3, -0.25) is 9.00 Å². The topological polar surface area (TPSA) is 43.4 Å². The minimum Gasteiger partial charge on any atom is -0.377 e. The van der Waals surface area contributed by atoms with Crippen molar-refractivity contribution >= 4 is 16.6 Å². The van der Waals surface area contributed by atoms with Gasteiger partial charge in [-0.2, -0.15) is 0 Å². The molecule has 19 heavy (non-hydrogen) atoms. The molecule has 0 aromatic heterocycles. The summed E-state index contributed by atoms with van der Waals surface area (Å²) in [6.45, 7) is 6.57. The number of Topliss-reactive ketones (excluding diaryl/α,β-unsaturated/α-hetero) is 1. The summed E-state index contributed by atoms with van der Waals surface area (Å²) in [5.74, 6) is 0.0569. The van der Waals surface area contributed by atoms with Crippen molar-refractivity contribution in [1.29, 1.82) is 0 Å². The van der Waals surface area contributed by atoms with E-state index in [0.29, 0.717) is 12.2 Å². The van der Waals surface area contributed by atoms with E-state index in [2.05, 4.69) is 0 Å². The van der Waals surface area contributed by atoms with Gasteiger partial charge in [0, 0.05) is 23.0 Å². The number of aryl methyl sites for hydroxylation is 2. The van der Waals surface area contributed by atoms with Gasteiger partial charge in [-0.25, -0.2) is 0 Å². The number of hydrogen-bond donors (Lipinski definition) is 0. The molecule has 1 aromatic carbocycles. The smallest absolute Gasteiger partial charge is 0.175 e. The van der Waals surface area contributed by atoms with Crippen molar-refractivity contribution in [3.05, 3.63) is 34.9 Å². The average Bonchev–Trinajstić information content (AvgIpc) is 2.79. The van der Waals surface area contributed by atoms with Crippen LogP contribution in [0.15, 0.2) is 18.2 Å². The molecule has 1 heterocycles.